The Balaban J connectivity index is 2.11. The molecule has 0 aliphatic carbocycles. The molecule has 1 fully saturated rings. The summed E-state index contributed by atoms with van der Waals surface area (Å²) in [5.41, 5.74) is -2.19. The molecule has 176 valence electrons. The molecule has 2 amide bonds. The highest BCUT2D eigenvalue weighted by Crippen LogP contribution is 2.55. The molecular weight excluding hydrogens is 507 g/mol. The second-order valence-electron chi connectivity index (χ2n) is 8.76. The van der Waals surface area contributed by atoms with E-state index in [1.54, 1.807) is 45.0 Å². The summed E-state index contributed by atoms with van der Waals surface area (Å²) in [6.45, 7) is 5.05. The number of Topliss-reactive ketones (excluding diaryl/α,β-unsaturated/α-hetero) is 1. The Hall–Kier alpha value is -2.88. The molecule has 6 nitrogen and oxygen atoms in total. The van der Waals surface area contributed by atoms with E-state index in [4.69, 9.17) is 0 Å². The summed E-state index contributed by atoms with van der Waals surface area (Å²) in [5.74, 6) is -1.88. The first-order chi connectivity index (χ1) is 15.2. The molecule has 3 rings (SSSR count). The number of carbonyl (C=O) groups is 3. The lowest BCUT2D eigenvalue weighted by atomic mass is 9.61. The van der Waals surface area contributed by atoms with Crippen molar-refractivity contribution in [2.45, 2.75) is 39.6 Å². The van der Waals surface area contributed by atoms with Crippen molar-refractivity contribution in [3.8, 4) is 5.75 Å². The summed E-state index contributed by atoms with van der Waals surface area (Å²) >= 11 is 3.32. The molecule has 10 heteroatoms. The van der Waals surface area contributed by atoms with Gasteiger partial charge in [0.15, 0.2) is 5.78 Å². The Morgan fingerprint density at radius 1 is 1.09 bits per heavy atom. The van der Waals surface area contributed by atoms with E-state index < -0.39 is 46.8 Å². The predicted octanol–water partition coefficient (Wildman–Crippen LogP) is 6.21. The van der Waals surface area contributed by atoms with Crippen LogP contribution in [0, 0.1) is 10.8 Å². The largest absolute Gasteiger partial charge is 0.573 e. The van der Waals surface area contributed by atoms with Crippen LogP contribution in [0.3, 0.4) is 0 Å². The Morgan fingerprint density at radius 3 is 2.15 bits per heavy atom. The molecule has 0 bridgehead atoms. The van der Waals surface area contributed by atoms with Gasteiger partial charge in [0.2, 0.25) is 5.91 Å². The number of hydrogen-bond acceptors (Lipinski definition) is 4. The molecule has 2 atom stereocenters. The molecule has 1 aliphatic heterocycles. The highest BCUT2D eigenvalue weighted by atomic mass is 79.9. The quantitative estimate of drug-likeness (QED) is 0.377. The van der Waals surface area contributed by atoms with E-state index in [2.05, 4.69) is 20.7 Å². The van der Waals surface area contributed by atoms with Crippen molar-refractivity contribution in [1.82, 2.24) is 4.90 Å². The highest BCUT2D eigenvalue weighted by molar-refractivity contribution is 9.10. The number of nitrogens with zero attached hydrogens (tertiary/aromatic N) is 1. The first-order valence-electron chi connectivity index (χ1n) is 9.90. The van der Waals surface area contributed by atoms with E-state index in [-0.39, 0.29) is 17.5 Å². The summed E-state index contributed by atoms with van der Waals surface area (Å²) in [4.78, 5) is 40.1. The van der Waals surface area contributed by atoms with Crippen LogP contribution in [0.5, 0.6) is 5.75 Å². The maximum absolute atomic E-state index is 13.8. The lowest BCUT2D eigenvalue weighted by Crippen LogP contribution is -2.50. The van der Waals surface area contributed by atoms with Crippen LogP contribution in [-0.4, -0.2) is 34.2 Å². The van der Waals surface area contributed by atoms with Gasteiger partial charge >= 0.3 is 12.5 Å². The van der Waals surface area contributed by atoms with Crippen LogP contribution in [0.25, 0.3) is 0 Å². The number of hydrogen-bond donors (Lipinski definition) is 1. The normalized spacial score (nSPS) is 21.2. The standard InChI is InChI=1S/C23H21BrF3NO5/c1-21(2,3)22(18(29)15-6-4-5-7-16(15)24)12-17(28(19(22)30)20(31)32)13-8-10-14(11-9-13)33-23(25,26)27/h4-11,17H,12H2,1-3H3,(H,31,32). The minimum Gasteiger partial charge on any atom is -0.465 e. The molecule has 2 aromatic carbocycles. The van der Waals surface area contributed by atoms with E-state index in [1.165, 1.54) is 12.1 Å². The van der Waals surface area contributed by atoms with Crippen LogP contribution in [-0.2, 0) is 4.79 Å². The maximum Gasteiger partial charge on any atom is 0.573 e. The molecule has 0 radical (unpaired) electrons. The van der Waals surface area contributed by atoms with Crippen LogP contribution in [0.1, 0.15) is 49.2 Å². The van der Waals surface area contributed by atoms with Crippen molar-refractivity contribution in [3.05, 3.63) is 64.1 Å². The Labute approximate surface area is 196 Å². The van der Waals surface area contributed by atoms with Gasteiger partial charge in [-0.05, 0) is 35.6 Å². The molecule has 0 spiro atoms. The van der Waals surface area contributed by atoms with E-state index in [9.17, 15) is 32.7 Å². The Kier molecular flexibility index (Phi) is 6.36. The molecule has 1 heterocycles. The average molecular weight is 528 g/mol. The average Bonchev–Trinajstić information content (AvgIpc) is 3.01. The number of carboxylic acid groups (broad SMARTS) is 1. The number of alkyl halides is 3. The van der Waals surface area contributed by atoms with Crippen LogP contribution >= 0.6 is 15.9 Å². The van der Waals surface area contributed by atoms with E-state index in [1.807, 2.05) is 0 Å². The number of likely N-dealkylation sites (tertiary alicyclic amines) is 1. The fraction of sp³-hybridized carbons (Fsp3) is 0.348. The summed E-state index contributed by atoms with van der Waals surface area (Å²) < 4.78 is 41.8. The monoisotopic (exact) mass is 527 g/mol. The summed E-state index contributed by atoms with van der Waals surface area (Å²) in [7, 11) is 0. The fourth-order valence-electron chi connectivity index (χ4n) is 4.23. The zero-order chi connectivity index (χ0) is 24.8. The summed E-state index contributed by atoms with van der Waals surface area (Å²) in [6, 6.07) is 10.1. The Bertz CT molecular complexity index is 1090. The predicted molar refractivity (Wildman–Crippen MR) is 116 cm³/mol. The number of imide groups is 1. The third-order valence-corrected chi connectivity index (χ3v) is 6.58. The zero-order valence-electron chi connectivity index (χ0n) is 17.9. The zero-order valence-corrected chi connectivity index (χ0v) is 19.5. The third kappa shape index (κ3) is 4.48. The molecular formula is C23H21BrF3NO5. The van der Waals surface area contributed by atoms with Crippen LogP contribution < -0.4 is 4.74 Å². The van der Waals surface area contributed by atoms with Gasteiger partial charge in [0, 0.05) is 10.0 Å². The fourth-order valence-corrected chi connectivity index (χ4v) is 4.69. The SMILES string of the molecule is CC(C)(C)C1(C(=O)c2ccccc2Br)CC(c2ccc(OC(F)(F)F)cc2)N(C(=O)O)C1=O. The first kappa shape index (κ1) is 24.8. The van der Waals surface area contributed by atoms with E-state index >= 15 is 0 Å². The number of ether oxygens (including phenoxy) is 1. The van der Waals surface area contributed by atoms with Gasteiger partial charge in [-0.1, -0.05) is 67.0 Å². The maximum atomic E-state index is 13.8. The number of carbonyl (C=O) groups excluding carboxylic acids is 2. The smallest absolute Gasteiger partial charge is 0.465 e. The topological polar surface area (TPSA) is 83.9 Å². The van der Waals surface area contributed by atoms with Gasteiger partial charge in [0.1, 0.15) is 11.2 Å². The second kappa shape index (κ2) is 8.48. The van der Waals surface area contributed by atoms with Gasteiger partial charge in [-0.15, -0.1) is 13.2 Å². The van der Waals surface area contributed by atoms with E-state index in [0.29, 0.717) is 9.37 Å². The summed E-state index contributed by atoms with van der Waals surface area (Å²) in [5, 5.41) is 9.84. The molecule has 2 aromatic rings. The van der Waals surface area contributed by atoms with Crippen molar-refractivity contribution in [3.63, 3.8) is 0 Å². The molecule has 0 saturated carbocycles. The Morgan fingerprint density at radius 2 is 1.67 bits per heavy atom. The molecule has 0 aromatic heterocycles. The van der Waals surface area contributed by atoms with Crippen molar-refractivity contribution < 1.29 is 37.4 Å². The van der Waals surface area contributed by atoms with Gasteiger partial charge in [0.25, 0.3) is 0 Å². The van der Waals surface area contributed by atoms with Gasteiger partial charge < -0.3 is 9.84 Å². The lowest BCUT2D eigenvalue weighted by molar-refractivity contribution is -0.274. The summed E-state index contributed by atoms with van der Waals surface area (Å²) in [6.07, 6.45) is -6.59. The number of halogens is 4. The third-order valence-electron chi connectivity index (χ3n) is 5.89. The van der Waals surface area contributed by atoms with Crippen LogP contribution in [0.4, 0.5) is 18.0 Å². The van der Waals surface area contributed by atoms with Gasteiger partial charge in [-0.25, -0.2) is 9.69 Å². The number of amides is 2. The van der Waals surface area contributed by atoms with Crippen molar-refractivity contribution in [2.75, 3.05) is 0 Å². The van der Waals surface area contributed by atoms with Crippen LogP contribution in [0.15, 0.2) is 53.0 Å². The highest BCUT2D eigenvalue weighted by Gasteiger charge is 2.64. The molecule has 1 N–H and O–H groups in total. The number of benzene rings is 2. The molecule has 1 saturated heterocycles. The first-order valence-corrected chi connectivity index (χ1v) is 10.7. The molecule has 1 aliphatic rings. The van der Waals surface area contributed by atoms with Crippen molar-refractivity contribution in [2.24, 2.45) is 10.8 Å². The number of ketones is 1. The minimum atomic E-state index is -4.88. The van der Waals surface area contributed by atoms with Crippen molar-refractivity contribution in [1.29, 1.82) is 0 Å². The minimum absolute atomic E-state index is 0.165. The second-order valence-corrected chi connectivity index (χ2v) is 9.61. The van der Waals surface area contributed by atoms with Crippen molar-refractivity contribution >= 4 is 33.7 Å². The van der Waals surface area contributed by atoms with E-state index in [0.717, 1.165) is 12.1 Å². The molecule has 2 unspecified atom stereocenters. The van der Waals surface area contributed by atoms with Gasteiger partial charge in [-0.3, -0.25) is 9.59 Å². The van der Waals surface area contributed by atoms with Gasteiger partial charge in [0.05, 0.1) is 6.04 Å². The van der Waals surface area contributed by atoms with Gasteiger partial charge in [-0.2, -0.15) is 0 Å². The number of rotatable bonds is 4. The van der Waals surface area contributed by atoms with Crippen LogP contribution in [0.2, 0.25) is 0 Å². The molecule has 33 heavy (non-hydrogen) atoms. The lowest BCUT2D eigenvalue weighted by Gasteiger charge is -2.38.